The summed E-state index contributed by atoms with van der Waals surface area (Å²) in [5.74, 6) is -1.21. The van der Waals surface area contributed by atoms with Crippen molar-refractivity contribution >= 4 is 39.8 Å². The summed E-state index contributed by atoms with van der Waals surface area (Å²) in [6.07, 6.45) is 0.293. The second kappa shape index (κ2) is 7.60. The second-order valence-corrected chi connectivity index (χ2v) is 7.87. The summed E-state index contributed by atoms with van der Waals surface area (Å²) < 4.78 is 34.1. The van der Waals surface area contributed by atoms with Crippen molar-refractivity contribution in [2.45, 2.75) is 18.1 Å². The number of nitrogens with zero attached hydrogens (tertiary/aromatic N) is 2. The molecular formula is C19H17Cl2F2N3O3. The van der Waals surface area contributed by atoms with Gasteiger partial charge in [-0.3, -0.25) is 5.10 Å². The molecule has 1 saturated heterocycles. The van der Waals surface area contributed by atoms with Gasteiger partial charge < -0.3 is 19.8 Å². The van der Waals surface area contributed by atoms with Crippen LogP contribution in [0.5, 0.6) is 5.75 Å². The number of H-pyrrole nitrogens is 1. The molecule has 0 aliphatic carbocycles. The Balaban J connectivity index is 1.49. The van der Waals surface area contributed by atoms with Crippen LogP contribution in [0.4, 0.5) is 14.5 Å². The molecule has 0 amide bonds. The maximum Gasteiger partial charge on any atom is 0.151 e. The number of benzene rings is 2. The maximum atomic E-state index is 14.2. The van der Waals surface area contributed by atoms with Gasteiger partial charge in [-0.05, 0) is 30.7 Å². The first-order chi connectivity index (χ1) is 13.8. The van der Waals surface area contributed by atoms with Crippen molar-refractivity contribution < 1.29 is 23.7 Å². The molecule has 10 heteroatoms. The van der Waals surface area contributed by atoms with Crippen LogP contribution in [0.3, 0.4) is 0 Å². The van der Waals surface area contributed by atoms with E-state index >= 15 is 0 Å². The average Bonchev–Trinajstić information content (AvgIpc) is 3.14. The first-order valence-electron chi connectivity index (χ1n) is 8.83. The predicted molar refractivity (Wildman–Crippen MR) is 106 cm³/mol. The molecule has 0 saturated carbocycles. The number of anilines is 1. The minimum Gasteiger partial charge on any atom is -0.490 e. The molecule has 1 aromatic heterocycles. The summed E-state index contributed by atoms with van der Waals surface area (Å²) in [6.45, 7) is -0.263. The van der Waals surface area contributed by atoms with Gasteiger partial charge in [0.05, 0.1) is 22.1 Å². The molecule has 0 spiro atoms. The van der Waals surface area contributed by atoms with Crippen molar-refractivity contribution in [3.63, 3.8) is 0 Å². The van der Waals surface area contributed by atoms with E-state index in [-0.39, 0.29) is 36.8 Å². The molecule has 0 unspecified atom stereocenters. The Bertz CT molecular complexity index is 1040. The number of piperidine rings is 1. The number of aliphatic hydroxyl groups excluding tert-OH is 1. The zero-order chi connectivity index (χ0) is 20.8. The van der Waals surface area contributed by atoms with Crippen molar-refractivity contribution in [1.82, 2.24) is 10.2 Å². The highest BCUT2D eigenvalue weighted by molar-refractivity contribution is 6.35. The highest BCUT2D eigenvalue weighted by Gasteiger charge is 2.42. The van der Waals surface area contributed by atoms with Crippen LogP contribution in [0.15, 0.2) is 30.5 Å². The molecule has 3 aromatic rings. The van der Waals surface area contributed by atoms with E-state index in [1.165, 1.54) is 4.90 Å². The lowest BCUT2D eigenvalue weighted by molar-refractivity contribution is -0.108. The van der Waals surface area contributed by atoms with E-state index in [1.54, 1.807) is 18.3 Å². The van der Waals surface area contributed by atoms with Crippen LogP contribution in [-0.2, 0) is 0 Å². The van der Waals surface area contributed by atoms with Gasteiger partial charge in [-0.2, -0.15) is 5.10 Å². The van der Waals surface area contributed by atoms with E-state index in [4.69, 9.17) is 27.9 Å². The van der Waals surface area contributed by atoms with Crippen molar-refractivity contribution in [3.05, 3.63) is 52.1 Å². The molecule has 29 heavy (non-hydrogen) atoms. The van der Waals surface area contributed by atoms with E-state index < -0.39 is 23.3 Å². The molecule has 4 rings (SSSR count). The first-order valence-corrected chi connectivity index (χ1v) is 9.58. The lowest BCUT2D eigenvalue weighted by atomic mass is 9.89. The Kier molecular flexibility index (Phi) is 5.29. The van der Waals surface area contributed by atoms with Crippen LogP contribution < -0.4 is 9.64 Å². The summed E-state index contributed by atoms with van der Waals surface area (Å²) in [7, 11) is 0. The number of aliphatic hydroxyl groups is 2. The van der Waals surface area contributed by atoms with Crippen LogP contribution in [0.25, 0.3) is 10.9 Å². The lowest BCUT2D eigenvalue weighted by Gasteiger charge is -2.42. The number of aromatic amines is 1. The number of aromatic nitrogens is 2. The van der Waals surface area contributed by atoms with Crippen molar-refractivity contribution in [2.75, 3.05) is 24.6 Å². The van der Waals surface area contributed by atoms with Crippen LogP contribution >= 0.6 is 23.2 Å². The van der Waals surface area contributed by atoms with E-state index in [0.717, 1.165) is 12.1 Å². The second-order valence-electron chi connectivity index (χ2n) is 7.03. The number of halogens is 4. The topological polar surface area (TPSA) is 81.6 Å². The Morgan fingerprint density at radius 1 is 1.28 bits per heavy atom. The molecule has 2 heterocycles. The van der Waals surface area contributed by atoms with Gasteiger partial charge in [-0.15, -0.1) is 0 Å². The Labute approximate surface area is 174 Å². The van der Waals surface area contributed by atoms with E-state index in [9.17, 15) is 19.0 Å². The Hall–Kier alpha value is -2.13. The van der Waals surface area contributed by atoms with Crippen LogP contribution in [-0.4, -0.2) is 51.8 Å². The first kappa shape index (κ1) is 20.2. The van der Waals surface area contributed by atoms with Crippen molar-refractivity contribution in [3.8, 4) is 5.75 Å². The van der Waals surface area contributed by atoms with Gasteiger partial charge in [0.2, 0.25) is 0 Å². The van der Waals surface area contributed by atoms with Gasteiger partial charge in [-0.1, -0.05) is 23.2 Å². The molecule has 1 fully saturated rings. The third kappa shape index (κ3) is 3.73. The summed E-state index contributed by atoms with van der Waals surface area (Å²) in [4.78, 5) is 1.34. The van der Waals surface area contributed by atoms with Gasteiger partial charge in [0.15, 0.2) is 11.6 Å². The highest BCUT2D eigenvalue weighted by atomic mass is 35.5. The summed E-state index contributed by atoms with van der Waals surface area (Å²) in [5, 5.41) is 29.1. The number of rotatable bonds is 4. The normalized spacial score (nSPS) is 22.3. The molecule has 2 atom stereocenters. The highest BCUT2D eigenvalue weighted by Crippen LogP contribution is 2.34. The number of β-amino-alcohol motifs (C(OH)–C–C–N with tert-alkyl or cyclic N) is 1. The molecule has 0 bridgehead atoms. The van der Waals surface area contributed by atoms with Crippen molar-refractivity contribution in [2.24, 2.45) is 0 Å². The van der Waals surface area contributed by atoms with E-state index in [2.05, 4.69) is 10.2 Å². The fraction of sp³-hybridized carbons (Fsp3) is 0.316. The fourth-order valence-corrected chi connectivity index (χ4v) is 3.88. The molecule has 1 aliphatic heterocycles. The SMILES string of the molecule is O[C@@H]1CN(c2c(F)cc(Cl)cc2F)CC[C@@]1(O)COc1ccc(Cl)c2[nH]ncc12. The standard InChI is InChI=1S/C19H17Cl2F2N3O3/c20-10-5-13(22)18(14(23)6-10)26-4-3-19(28,16(27)8-26)9-29-15-2-1-12(21)17-11(15)7-24-25-17/h1-2,5-7,16,27-28H,3-4,8-9H2,(H,24,25)/t16-,19-/m1/s1. The van der Waals surface area contributed by atoms with Gasteiger partial charge in [0.1, 0.15) is 29.7 Å². The molecule has 2 aromatic carbocycles. The maximum absolute atomic E-state index is 14.2. The third-order valence-electron chi connectivity index (χ3n) is 5.13. The minimum atomic E-state index is -1.59. The van der Waals surface area contributed by atoms with Gasteiger partial charge in [-0.25, -0.2) is 8.78 Å². The molecule has 154 valence electrons. The van der Waals surface area contributed by atoms with Gasteiger partial charge in [0, 0.05) is 18.1 Å². The quantitative estimate of drug-likeness (QED) is 0.574. The monoisotopic (exact) mass is 443 g/mol. The molecule has 1 aliphatic rings. The molecule has 0 radical (unpaired) electrons. The number of hydrogen-bond acceptors (Lipinski definition) is 5. The van der Waals surface area contributed by atoms with E-state index in [0.29, 0.717) is 21.7 Å². The number of fused-ring (bicyclic) bond motifs is 1. The summed E-state index contributed by atoms with van der Waals surface area (Å²) in [6, 6.07) is 5.29. The van der Waals surface area contributed by atoms with Gasteiger partial charge in [0.25, 0.3) is 0 Å². The zero-order valence-electron chi connectivity index (χ0n) is 15.0. The molecular weight excluding hydrogens is 427 g/mol. The minimum absolute atomic E-state index is 0.0395. The van der Waals surface area contributed by atoms with Crippen LogP contribution in [0.2, 0.25) is 10.0 Å². The number of hydrogen-bond donors (Lipinski definition) is 3. The Morgan fingerprint density at radius 3 is 2.69 bits per heavy atom. The average molecular weight is 444 g/mol. The van der Waals surface area contributed by atoms with E-state index in [1.807, 2.05) is 0 Å². The van der Waals surface area contributed by atoms with Gasteiger partial charge >= 0.3 is 0 Å². The smallest absolute Gasteiger partial charge is 0.151 e. The third-order valence-corrected chi connectivity index (χ3v) is 5.66. The number of nitrogens with one attached hydrogen (secondary N) is 1. The summed E-state index contributed by atoms with van der Waals surface area (Å²) in [5.41, 5.74) is -1.28. The number of ether oxygens (including phenoxy) is 1. The molecule has 6 nitrogen and oxygen atoms in total. The van der Waals surface area contributed by atoms with Crippen LogP contribution in [0.1, 0.15) is 6.42 Å². The molecule has 3 N–H and O–H groups in total. The fourth-order valence-electron chi connectivity index (χ4n) is 3.48. The summed E-state index contributed by atoms with van der Waals surface area (Å²) >= 11 is 11.7. The lowest BCUT2D eigenvalue weighted by Crippen LogP contribution is -2.58. The predicted octanol–water partition coefficient (Wildman–Crippen LogP) is 3.53. The zero-order valence-corrected chi connectivity index (χ0v) is 16.5. The van der Waals surface area contributed by atoms with Crippen LogP contribution in [0, 0.1) is 11.6 Å². The largest absolute Gasteiger partial charge is 0.490 e. The van der Waals surface area contributed by atoms with Crippen molar-refractivity contribution in [1.29, 1.82) is 0 Å². The Morgan fingerprint density at radius 2 is 2.00 bits per heavy atom.